The molecule has 108 valence electrons. The lowest BCUT2D eigenvalue weighted by Crippen LogP contribution is -2.30. The third kappa shape index (κ3) is 5.59. The summed E-state index contributed by atoms with van der Waals surface area (Å²) in [5.41, 5.74) is 0.723. The highest BCUT2D eigenvalue weighted by Crippen LogP contribution is 2.20. The molecule has 0 heterocycles. The number of hydrogen-bond donors (Lipinski definition) is 1. The van der Waals surface area contributed by atoms with Gasteiger partial charge in [-0.3, -0.25) is 0 Å². The average Bonchev–Trinajstić information content (AvgIpc) is 2.33. The Bertz CT molecular complexity index is 396. The topological polar surface area (TPSA) is 15.3 Å². The number of benzene rings is 1. The van der Waals surface area contributed by atoms with Crippen LogP contribution in [0.5, 0.6) is 0 Å². The van der Waals surface area contributed by atoms with Crippen LogP contribution in [0.4, 0.5) is 4.39 Å². The highest BCUT2D eigenvalue weighted by atomic mass is 79.9. The molecule has 1 aromatic rings. The van der Waals surface area contributed by atoms with E-state index in [1.54, 1.807) is 0 Å². The summed E-state index contributed by atoms with van der Waals surface area (Å²) in [6.45, 7) is 8.33. The van der Waals surface area contributed by atoms with Crippen molar-refractivity contribution in [2.45, 2.75) is 39.3 Å². The highest BCUT2D eigenvalue weighted by molar-refractivity contribution is 9.10. The molecule has 0 saturated carbocycles. The van der Waals surface area contributed by atoms with E-state index in [0.717, 1.165) is 29.5 Å². The fourth-order valence-corrected chi connectivity index (χ4v) is 2.20. The molecule has 0 fully saturated rings. The van der Waals surface area contributed by atoms with Gasteiger partial charge in [-0.25, -0.2) is 4.39 Å². The van der Waals surface area contributed by atoms with Gasteiger partial charge < -0.3 is 10.2 Å². The van der Waals surface area contributed by atoms with Gasteiger partial charge in [0.05, 0.1) is 0 Å². The maximum atomic E-state index is 13.8. The minimum atomic E-state index is -0.159. The molecular weight excluding hydrogens is 307 g/mol. The predicted molar refractivity (Wildman–Crippen MR) is 82.9 cm³/mol. The number of hydrogen-bond acceptors (Lipinski definition) is 2. The van der Waals surface area contributed by atoms with Gasteiger partial charge in [0, 0.05) is 22.1 Å². The van der Waals surface area contributed by atoms with E-state index >= 15 is 0 Å². The molecular formula is C15H24BrFN2. The first-order valence-corrected chi connectivity index (χ1v) is 7.59. The van der Waals surface area contributed by atoms with Crippen molar-refractivity contribution in [1.29, 1.82) is 0 Å². The van der Waals surface area contributed by atoms with Crippen LogP contribution in [-0.2, 0) is 0 Å². The summed E-state index contributed by atoms with van der Waals surface area (Å²) in [4.78, 5) is 2.31. The van der Waals surface area contributed by atoms with E-state index in [0.29, 0.717) is 6.04 Å². The molecule has 0 aliphatic carbocycles. The van der Waals surface area contributed by atoms with Gasteiger partial charge in [0.1, 0.15) is 5.82 Å². The van der Waals surface area contributed by atoms with Crippen molar-refractivity contribution in [3.63, 3.8) is 0 Å². The zero-order chi connectivity index (χ0) is 14.4. The highest BCUT2D eigenvalue weighted by Gasteiger charge is 2.10. The zero-order valence-corrected chi connectivity index (χ0v) is 13.8. The number of nitrogens with one attached hydrogen (secondary N) is 1. The lowest BCUT2D eigenvalue weighted by molar-refractivity contribution is 0.268. The van der Waals surface area contributed by atoms with Crippen LogP contribution >= 0.6 is 15.9 Å². The minimum Gasteiger partial charge on any atom is -0.310 e. The van der Waals surface area contributed by atoms with Gasteiger partial charge in [0.25, 0.3) is 0 Å². The molecule has 0 bridgehead atoms. The molecule has 0 amide bonds. The van der Waals surface area contributed by atoms with Crippen molar-refractivity contribution in [1.82, 2.24) is 10.2 Å². The second-order valence-corrected chi connectivity index (χ2v) is 6.19. The molecule has 0 saturated heterocycles. The van der Waals surface area contributed by atoms with E-state index in [2.05, 4.69) is 47.0 Å². The summed E-state index contributed by atoms with van der Waals surface area (Å²) in [5, 5.41) is 3.37. The van der Waals surface area contributed by atoms with E-state index in [1.807, 2.05) is 19.1 Å². The Labute approximate surface area is 124 Å². The Morgan fingerprint density at radius 1 is 1.32 bits per heavy atom. The number of halogens is 2. The first kappa shape index (κ1) is 16.6. The van der Waals surface area contributed by atoms with Crippen molar-refractivity contribution in [3.8, 4) is 0 Å². The molecule has 0 aromatic heterocycles. The first-order valence-electron chi connectivity index (χ1n) is 6.80. The molecule has 1 N–H and O–H groups in total. The molecule has 1 atom stereocenters. The minimum absolute atomic E-state index is 0.0393. The van der Waals surface area contributed by atoms with Gasteiger partial charge in [-0.2, -0.15) is 0 Å². The maximum Gasteiger partial charge on any atom is 0.129 e. The largest absolute Gasteiger partial charge is 0.310 e. The van der Waals surface area contributed by atoms with Gasteiger partial charge in [-0.1, -0.05) is 22.0 Å². The summed E-state index contributed by atoms with van der Waals surface area (Å²) in [7, 11) is 2.13. The van der Waals surface area contributed by atoms with Crippen LogP contribution in [0.15, 0.2) is 22.7 Å². The summed E-state index contributed by atoms with van der Waals surface area (Å²) < 4.78 is 14.5. The molecule has 0 aliphatic rings. The van der Waals surface area contributed by atoms with E-state index in [4.69, 9.17) is 0 Å². The molecule has 0 radical (unpaired) electrons. The number of nitrogens with zero attached hydrogens (tertiary/aromatic N) is 1. The SMILES string of the molecule is CC(NCCCN(C)C(C)C)c1ccc(Br)cc1F. The molecule has 1 rings (SSSR count). The number of rotatable bonds is 7. The van der Waals surface area contributed by atoms with E-state index in [1.165, 1.54) is 6.07 Å². The van der Waals surface area contributed by atoms with E-state index < -0.39 is 0 Å². The van der Waals surface area contributed by atoms with E-state index in [9.17, 15) is 4.39 Å². The van der Waals surface area contributed by atoms with Crippen molar-refractivity contribution in [2.24, 2.45) is 0 Å². The summed E-state index contributed by atoms with van der Waals surface area (Å²) in [6, 6.07) is 5.83. The van der Waals surface area contributed by atoms with Crippen LogP contribution in [-0.4, -0.2) is 31.1 Å². The maximum absolute atomic E-state index is 13.8. The first-order chi connectivity index (χ1) is 8.91. The fraction of sp³-hybridized carbons (Fsp3) is 0.600. The quantitative estimate of drug-likeness (QED) is 0.761. The Morgan fingerprint density at radius 3 is 2.58 bits per heavy atom. The van der Waals surface area contributed by atoms with Gasteiger partial charge in [0.15, 0.2) is 0 Å². The molecule has 0 spiro atoms. The van der Waals surface area contributed by atoms with Crippen molar-refractivity contribution in [2.75, 3.05) is 20.1 Å². The lowest BCUT2D eigenvalue weighted by atomic mass is 10.1. The van der Waals surface area contributed by atoms with Crippen LogP contribution in [0, 0.1) is 5.82 Å². The second-order valence-electron chi connectivity index (χ2n) is 5.27. The molecule has 0 aliphatic heterocycles. The summed E-state index contributed by atoms with van der Waals surface area (Å²) in [6.07, 6.45) is 1.07. The van der Waals surface area contributed by atoms with E-state index in [-0.39, 0.29) is 11.9 Å². The monoisotopic (exact) mass is 330 g/mol. The fourth-order valence-electron chi connectivity index (χ4n) is 1.87. The molecule has 2 nitrogen and oxygen atoms in total. The van der Waals surface area contributed by atoms with Crippen molar-refractivity contribution in [3.05, 3.63) is 34.1 Å². The van der Waals surface area contributed by atoms with Crippen LogP contribution in [0.3, 0.4) is 0 Å². The van der Waals surface area contributed by atoms with Gasteiger partial charge >= 0.3 is 0 Å². The Balaban J connectivity index is 2.37. The Kier molecular flexibility index (Phi) is 6.97. The Morgan fingerprint density at radius 2 is 2.00 bits per heavy atom. The lowest BCUT2D eigenvalue weighted by Gasteiger charge is -2.21. The van der Waals surface area contributed by atoms with Crippen LogP contribution in [0.25, 0.3) is 0 Å². The standard InChI is InChI=1S/C15H24BrFN2/c1-11(2)19(4)9-5-8-18-12(3)14-7-6-13(16)10-15(14)17/h6-7,10-12,18H,5,8-9H2,1-4H3. The smallest absolute Gasteiger partial charge is 0.129 e. The van der Waals surface area contributed by atoms with Crippen LogP contribution in [0.2, 0.25) is 0 Å². The average molecular weight is 331 g/mol. The van der Waals surface area contributed by atoms with Crippen molar-refractivity contribution >= 4 is 15.9 Å². The molecule has 4 heteroatoms. The summed E-state index contributed by atoms with van der Waals surface area (Å²) in [5.74, 6) is -0.159. The molecule has 1 unspecified atom stereocenters. The molecule has 19 heavy (non-hydrogen) atoms. The third-order valence-corrected chi connectivity index (χ3v) is 3.94. The Hall–Kier alpha value is -0.450. The normalized spacial score (nSPS) is 13.3. The second kappa shape index (κ2) is 7.98. The summed E-state index contributed by atoms with van der Waals surface area (Å²) >= 11 is 3.27. The van der Waals surface area contributed by atoms with Crippen LogP contribution < -0.4 is 5.32 Å². The predicted octanol–water partition coefficient (Wildman–Crippen LogP) is 3.97. The van der Waals surface area contributed by atoms with Gasteiger partial charge in [-0.15, -0.1) is 0 Å². The van der Waals surface area contributed by atoms with Gasteiger partial charge in [0.2, 0.25) is 0 Å². The zero-order valence-electron chi connectivity index (χ0n) is 12.2. The third-order valence-electron chi connectivity index (χ3n) is 3.45. The van der Waals surface area contributed by atoms with Crippen molar-refractivity contribution < 1.29 is 4.39 Å². The molecule has 1 aromatic carbocycles. The van der Waals surface area contributed by atoms with Gasteiger partial charge in [-0.05, 0) is 59.5 Å². The van der Waals surface area contributed by atoms with Crippen LogP contribution in [0.1, 0.15) is 38.8 Å².